The van der Waals surface area contributed by atoms with Crippen molar-refractivity contribution in [3.8, 4) is 0 Å². The van der Waals surface area contributed by atoms with Crippen LogP contribution in [0.15, 0.2) is 48.5 Å². The van der Waals surface area contributed by atoms with E-state index in [-0.39, 0.29) is 5.91 Å². The number of rotatable bonds is 3. The molecule has 3 aromatic rings. The van der Waals surface area contributed by atoms with E-state index in [0.717, 1.165) is 42.5 Å². The first-order chi connectivity index (χ1) is 12.7. The molecule has 6 heteroatoms. The Morgan fingerprint density at radius 3 is 2.50 bits per heavy atom. The van der Waals surface area contributed by atoms with Crippen LogP contribution in [0, 0.1) is 0 Å². The average molecular weight is 367 g/mol. The molecule has 0 spiro atoms. The smallest absolute Gasteiger partial charge is 0.276 e. The number of benzene rings is 2. The zero-order chi connectivity index (χ0) is 17.9. The normalized spacial score (nSPS) is 14.4. The van der Waals surface area contributed by atoms with Crippen LogP contribution in [0.5, 0.6) is 0 Å². The Kier molecular flexibility index (Phi) is 4.71. The average Bonchev–Trinajstić information content (AvgIpc) is 2.68. The number of fused-ring (bicyclic) bond motifs is 1. The zero-order valence-corrected chi connectivity index (χ0v) is 15.0. The van der Waals surface area contributed by atoms with Crippen molar-refractivity contribution in [2.75, 3.05) is 23.3 Å². The lowest BCUT2D eigenvalue weighted by molar-refractivity contribution is 0.102. The van der Waals surface area contributed by atoms with Crippen molar-refractivity contribution in [3.63, 3.8) is 0 Å². The monoisotopic (exact) mass is 366 g/mol. The molecule has 132 valence electrons. The topological polar surface area (TPSA) is 58.1 Å². The predicted molar refractivity (Wildman–Crippen MR) is 105 cm³/mol. The summed E-state index contributed by atoms with van der Waals surface area (Å²) in [6.45, 7) is 1.96. The van der Waals surface area contributed by atoms with Crippen LogP contribution < -0.4 is 10.2 Å². The van der Waals surface area contributed by atoms with E-state index in [2.05, 4.69) is 20.4 Å². The molecule has 1 aromatic heterocycles. The highest BCUT2D eigenvalue weighted by Crippen LogP contribution is 2.28. The third-order valence-electron chi connectivity index (χ3n) is 4.62. The zero-order valence-electron chi connectivity index (χ0n) is 14.3. The number of halogens is 1. The largest absolute Gasteiger partial charge is 0.355 e. The first kappa shape index (κ1) is 16.8. The third-order valence-corrected chi connectivity index (χ3v) is 4.86. The Labute approximate surface area is 157 Å². The molecule has 4 rings (SSSR count). The Bertz CT molecular complexity index is 953. The van der Waals surface area contributed by atoms with Gasteiger partial charge in [0.15, 0.2) is 11.5 Å². The summed E-state index contributed by atoms with van der Waals surface area (Å²) in [6, 6.07) is 14.9. The molecular weight excluding hydrogens is 348 g/mol. The van der Waals surface area contributed by atoms with Gasteiger partial charge >= 0.3 is 0 Å². The van der Waals surface area contributed by atoms with Gasteiger partial charge < -0.3 is 10.2 Å². The number of anilines is 2. The maximum absolute atomic E-state index is 12.8. The van der Waals surface area contributed by atoms with E-state index in [9.17, 15) is 4.79 Å². The van der Waals surface area contributed by atoms with Gasteiger partial charge in [-0.2, -0.15) is 0 Å². The summed E-state index contributed by atoms with van der Waals surface area (Å²) in [5.74, 6) is 0.570. The summed E-state index contributed by atoms with van der Waals surface area (Å²) in [5, 5.41) is 13.8. The van der Waals surface area contributed by atoms with E-state index in [4.69, 9.17) is 11.6 Å². The Hall–Kier alpha value is -2.66. The van der Waals surface area contributed by atoms with E-state index in [1.54, 1.807) is 24.3 Å². The molecule has 26 heavy (non-hydrogen) atoms. The molecule has 0 atom stereocenters. The van der Waals surface area contributed by atoms with Crippen LogP contribution in [0.3, 0.4) is 0 Å². The lowest BCUT2D eigenvalue weighted by Gasteiger charge is -2.28. The number of nitrogens with zero attached hydrogens (tertiary/aromatic N) is 3. The number of hydrogen-bond donors (Lipinski definition) is 1. The number of piperidine rings is 1. The lowest BCUT2D eigenvalue weighted by atomic mass is 10.1. The molecule has 1 aliphatic heterocycles. The summed E-state index contributed by atoms with van der Waals surface area (Å²) >= 11 is 5.99. The molecule has 1 amide bonds. The minimum Gasteiger partial charge on any atom is -0.355 e. The van der Waals surface area contributed by atoms with E-state index >= 15 is 0 Å². The van der Waals surface area contributed by atoms with Gasteiger partial charge in [0.25, 0.3) is 5.91 Å². The molecule has 1 N–H and O–H groups in total. The van der Waals surface area contributed by atoms with Crippen molar-refractivity contribution >= 4 is 39.8 Å². The van der Waals surface area contributed by atoms with Gasteiger partial charge in [-0.25, -0.2) is 0 Å². The maximum atomic E-state index is 12.8. The fourth-order valence-corrected chi connectivity index (χ4v) is 3.54. The standard InChI is InChI=1S/C20H19ClN4O/c21-14-7-6-8-15(13-14)22-20(26)18-16-9-2-3-10-17(16)19(24-23-18)25-11-4-1-5-12-25/h2-3,6-10,13H,1,4-5,11-12H2,(H,22,26). The number of amides is 1. The van der Waals surface area contributed by atoms with Crippen molar-refractivity contribution in [1.29, 1.82) is 0 Å². The number of hydrogen-bond acceptors (Lipinski definition) is 4. The van der Waals surface area contributed by atoms with Gasteiger partial charge in [0.05, 0.1) is 0 Å². The van der Waals surface area contributed by atoms with Gasteiger partial charge in [0, 0.05) is 34.6 Å². The second-order valence-corrected chi connectivity index (χ2v) is 6.87. The van der Waals surface area contributed by atoms with Crippen LogP contribution in [0.25, 0.3) is 10.8 Å². The summed E-state index contributed by atoms with van der Waals surface area (Å²) in [7, 11) is 0. The molecule has 5 nitrogen and oxygen atoms in total. The second kappa shape index (κ2) is 7.30. The fraction of sp³-hybridized carbons (Fsp3) is 0.250. The van der Waals surface area contributed by atoms with Crippen LogP contribution in [0.4, 0.5) is 11.5 Å². The van der Waals surface area contributed by atoms with Crippen molar-refractivity contribution in [2.45, 2.75) is 19.3 Å². The summed E-state index contributed by atoms with van der Waals surface area (Å²) < 4.78 is 0. The lowest BCUT2D eigenvalue weighted by Crippen LogP contribution is -2.31. The van der Waals surface area contributed by atoms with E-state index in [1.807, 2.05) is 24.3 Å². The molecule has 2 aromatic carbocycles. The van der Waals surface area contributed by atoms with Gasteiger partial charge in [0.1, 0.15) is 0 Å². The van der Waals surface area contributed by atoms with Gasteiger partial charge in [-0.05, 0) is 37.5 Å². The molecule has 1 saturated heterocycles. The van der Waals surface area contributed by atoms with Gasteiger partial charge in [-0.1, -0.05) is 41.9 Å². The molecule has 0 saturated carbocycles. The molecule has 2 heterocycles. The second-order valence-electron chi connectivity index (χ2n) is 6.43. The highest BCUT2D eigenvalue weighted by molar-refractivity contribution is 6.31. The molecule has 0 unspecified atom stereocenters. The van der Waals surface area contributed by atoms with Gasteiger partial charge in [-0.3, -0.25) is 4.79 Å². The van der Waals surface area contributed by atoms with Crippen LogP contribution in [0.2, 0.25) is 5.02 Å². The highest BCUT2D eigenvalue weighted by atomic mass is 35.5. The predicted octanol–water partition coefficient (Wildman–Crippen LogP) is 4.53. The minimum atomic E-state index is -0.291. The Morgan fingerprint density at radius 2 is 1.73 bits per heavy atom. The SMILES string of the molecule is O=C(Nc1cccc(Cl)c1)c1nnc(N2CCCCC2)c2ccccc12. The summed E-state index contributed by atoms with van der Waals surface area (Å²) in [4.78, 5) is 15.0. The first-order valence-corrected chi connectivity index (χ1v) is 9.17. The molecule has 0 aliphatic carbocycles. The number of carbonyl (C=O) groups excluding carboxylic acids is 1. The van der Waals surface area contributed by atoms with E-state index < -0.39 is 0 Å². The number of aromatic nitrogens is 2. The number of nitrogens with one attached hydrogen (secondary N) is 1. The molecule has 1 aliphatic rings. The van der Waals surface area contributed by atoms with E-state index in [0.29, 0.717) is 16.4 Å². The van der Waals surface area contributed by atoms with Crippen molar-refractivity contribution < 1.29 is 4.79 Å². The quantitative estimate of drug-likeness (QED) is 0.740. The Balaban J connectivity index is 1.70. The molecule has 0 radical (unpaired) electrons. The molecule has 1 fully saturated rings. The van der Waals surface area contributed by atoms with Gasteiger partial charge in [-0.15, -0.1) is 10.2 Å². The number of carbonyl (C=O) groups is 1. The van der Waals surface area contributed by atoms with Crippen molar-refractivity contribution in [2.24, 2.45) is 0 Å². The van der Waals surface area contributed by atoms with Gasteiger partial charge in [0.2, 0.25) is 0 Å². The van der Waals surface area contributed by atoms with Crippen molar-refractivity contribution in [1.82, 2.24) is 10.2 Å². The Morgan fingerprint density at radius 1 is 0.962 bits per heavy atom. The maximum Gasteiger partial charge on any atom is 0.276 e. The third kappa shape index (κ3) is 3.35. The van der Waals surface area contributed by atoms with Crippen LogP contribution in [0.1, 0.15) is 29.8 Å². The summed E-state index contributed by atoms with van der Waals surface area (Å²) in [6.07, 6.45) is 3.57. The van der Waals surface area contributed by atoms with Crippen LogP contribution in [-0.4, -0.2) is 29.2 Å². The van der Waals surface area contributed by atoms with Crippen molar-refractivity contribution in [3.05, 3.63) is 59.2 Å². The minimum absolute atomic E-state index is 0.291. The summed E-state index contributed by atoms with van der Waals surface area (Å²) in [5.41, 5.74) is 0.954. The van der Waals surface area contributed by atoms with Crippen LogP contribution >= 0.6 is 11.6 Å². The first-order valence-electron chi connectivity index (χ1n) is 8.80. The van der Waals surface area contributed by atoms with E-state index in [1.165, 1.54) is 6.42 Å². The fourth-order valence-electron chi connectivity index (χ4n) is 3.35. The van der Waals surface area contributed by atoms with Crippen LogP contribution in [-0.2, 0) is 0 Å². The molecule has 0 bridgehead atoms. The highest BCUT2D eigenvalue weighted by Gasteiger charge is 2.20. The molecular formula is C20H19ClN4O.